The predicted octanol–water partition coefficient (Wildman–Crippen LogP) is 3.40. The van der Waals surface area contributed by atoms with Crippen LogP contribution < -0.4 is 9.64 Å². The molecule has 2 aromatic heterocycles. The number of pyridine rings is 1. The van der Waals surface area contributed by atoms with Crippen LogP contribution in [0.1, 0.15) is 50.3 Å². The van der Waals surface area contributed by atoms with Crippen molar-refractivity contribution in [3.63, 3.8) is 0 Å². The monoisotopic (exact) mass is 416 g/mol. The van der Waals surface area contributed by atoms with Gasteiger partial charge >= 0.3 is 6.01 Å². The summed E-state index contributed by atoms with van der Waals surface area (Å²) in [5.41, 5.74) is 0. The number of anilines is 1. The Kier molecular flexibility index (Phi) is 5.28. The van der Waals surface area contributed by atoms with Crippen molar-refractivity contribution < 1.29 is 13.5 Å². The average Bonchev–Trinajstić information content (AvgIpc) is 3.67. The molecule has 0 bridgehead atoms. The maximum absolute atomic E-state index is 11.4. The molecule has 3 heterocycles. The molecule has 5 rings (SSSR count). The number of piperidine rings is 1. The van der Waals surface area contributed by atoms with Crippen molar-refractivity contribution in [3.05, 3.63) is 24.2 Å². The highest BCUT2D eigenvalue weighted by Gasteiger charge is 2.43. The molecular weight excluding hydrogens is 388 g/mol. The number of hydrogen-bond donors (Lipinski definition) is 0. The third-order valence-corrected chi connectivity index (χ3v) is 7.45. The summed E-state index contributed by atoms with van der Waals surface area (Å²) >= 11 is 0. The van der Waals surface area contributed by atoms with Crippen LogP contribution in [0, 0.1) is 17.8 Å². The first kappa shape index (κ1) is 19.0. The molecule has 0 N–H and O–H groups in total. The van der Waals surface area contributed by atoms with E-state index in [1.165, 1.54) is 32.1 Å². The summed E-state index contributed by atoms with van der Waals surface area (Å²) < 4.78 is 22.7. The molecular formula is C21H28N4O3S. The second-order valence-corrected chi connectivity index (χ2v) is 10.00. The Morgan fingerprint density at radius 1 is 1.24 bits per heavy atom. The van der Waals surface area contributed by atoms with Gasteiger partial charge in [0.2, 0.25) is 5.88 Å². The minimum Gasteiger partial charge on any atom is -0.478 e. The van der Waals surface area contributed by atoms with E-state index in [9.17, 15) is 4.21 Å². The number of hydrogen-bond acceptors (Lipinski definition) is 7. The first-order chi connectivity index (χ1) is 14.2. The molecule has 29 heavy (non-hydrogen) atoms. The average molecular weight is 417 g/mol. The topological polar surface area (TPSA) is 81.4 Å². The molecule has 2 aromatic rings. The molecule has 0 aromatic carbocycles. The minimum absolute atomic E-state index is 0.545. The Morgan fingerprint density at radius 2 is 2.07 bits per heavy atom. The van der Waals surface area contributed by atoms with Crippen molar-refractivity contribution in [1.29, 1.82) is 0 Å². The van der Waals surface area contributed by atoms with E-state index in [-0.39, 0.29) is 0 Å². The molecule has 7 nitrogen and oxygen atoms in total. The first-order valence-electron chi connectivity index (χ1n) is 10.7. The second kappa shape index (κ2) is 8.05. The number of rotatable bonds is 8. The molecule has 1 saturated heterocycles. The Hall–Kier alpha value is -1.96. The van der Waals surface area contributed by atoms with Crippen molar-refractivity contribution in [2.24, 2.45) is 17.8 Å². The molecule has 3 fully saturated rings. The van der Waals surface area contributed by atoms with E-state index in [0.717, 1.165) is 54.0 Å². The normalized spacial score (nSPS) is 25.8. The van der Waals surface area contributed by atoms with Crippen LogP contribution in [0.5, 0.6) is 5.88 Å². The van der Waals surface area contributed by atoms with Crippen LogP contribution in [0.25, 0.3) is 0 Å². The highest BCUT2D eigenvalue weighted by atomic mass is 32.2. The molecule has 3 unspecified atom stereocenters. The van der Waals surface area contributed by atoms with Crippen molar-refractivity contribution in [3.8, 4) is 5.88 Å². The van der Waals surface area contributed by atoms with Crippen molar-refractivity contribution >= 4 is 16.8 Å². The zero-order chi connectivity index (χ0) is 19.8. The third-order valence-electron chi connectivity index (χ3n) is 6.55. The van der Waals surface area contributed by atoms with Crippen LogP contribution in [0.4, 0.5) is 6.01 Å². The standard InChI is InChI=1S/C21H28N4O3S/c1-29(26)17-4-5-19(22-13-17)27-11-8-16-12-18(16)14-6-9-25(10-7-14)21-23-20(24-28-21)15-2-3-15/h4-5,13-16,18H,2-3,6-12H2,1H3. The highest BCUT2D eigenvalue weighted by Crippen LogP contribution is 2.50. The summed E-state index contributed by atoms with van der Waals surface area (Å²) in [6, 6.07) is 4.35. The lowest BCUT2D eigenvalue weighted by molar-refractivity contribution is 0.274. The summed E-state index contributed by atoms with van der Waals surface area (Å²) in [6.07, 6.45) is 10.5. The lowest BCUT2D eigenvalue weighted by atomic mass is 9.91. The Labute approximate surface area is 173 Å². The second-order valence-electron chi connectivity index (χ2n) is 8.62. The van der Waals surface area contributed by atoms with Gasteiger partial charge < -0.3 is 14.2 Å². The van der Waals surface area contributed by atoms with Crippen molar-refractivity contribution in [2.45, 2.75) is 49.3 Å². The fourth-order valence-electron chi connectivity index (χ4n) is 4.50. The number of aromatic nitrogens is 3. The van der Waals surface area contributed by atoms with Gasteiger partial charge in [0, 0.05) is 37.5 Å². The van der Waals surface area contributed by atoms with E-state index in [1.54, 1.807) is 12.5 Å². The molecule has 156 valence electrons. The predicted molar refractivity (Wildman–Crippen MR) is 109 cm³/mol. The molecule has 2 aliphatic carbocycles. The van der Waals surface area contributed by atoms with Crippen molar-refractivity contribution in [2.75, 3.05) is 30.9 Å². The van der Waals surface area contributed by atoms with Crippen LogP contribution >= 0.6 is 0 Å². The quantitative estimate of drug-likeness (QED) is 0.652. The Morgan fingerprint density at radius 3 is 2.76 bits per heavy atom. The third kappa shape index (κ3) is 4.47. The molecule has 3 aliphatic rings. The van der Waals surface area contributed by atoms with Gasteiger partial charge in [-0.1, -0.05) is 5.16 Å². The van der Waals surface area contributed by atoms with Gasteiger partial charge in [0.25, 0.3) is 0 Å². The fourth-order valence-corrected chi connectivity index (χ4v) is 4.96. The zero-order valence-electron chi connectivity index (χ0n) is 16.8. The van der Waals surface area contributed by atoms with E-state index < -0.39 is 10.8 Å². The summed E-state index contributed by atoms with van der Waals surface area (Å²) in [7, 11) is -0.996. The molecule has 8 heteroatoms. The van der Waals surface area contributed by atoms with Gasteiger partial charge in [0.05, 0.1) is 22.3 Å². The molecule has 0 amide bonds. The summed E-state index contributed by atoms with van der Waals surface area (Å²) in [5, 5.41) is 4.14. The molecule has 2 saturated carbocycles. The Bertz CT molecular complexity index is 859. The molecule has 0 spiro atoms. The van der Waals surface area contributed by atoms with Crippen LogP contribution in [0.3, 0.4) is 0 Å². The van der Waals surface area contributed by atoms with Gasteiger partial charge in [-0.2, -0.15) is 4.98 Å². The molecule has 1 aliphatic heterocycles. The first-order valence-corrected chi connectivity index (χ1v) is 12.2. The largest absolute Gasteiger partial charge is 0.478 e. The zero-order valence-corrected chi connectivity index (χ0v) is 17.6. The highest BCUT2D eigenvalue weighted by molar-refractivity contribution is 7.84. The van der Waals surface area contributed by atoms with E-state index >= 15 is 0 Å². The summed E-state index contributed by atoms with van der Waals surface area (Å²) in [4.78, 5) is 11.8. The number of nitrogens with zero attached hydrogens (tertiary/aromatic N) is 4. The van der Waals surface area contributed by atoms with Crippen LogP contribution in [0.15, 0.2) is 27.7 Å². The molecule has 3 atom stereocenters. The van der Waals surface area contributed by atoms with Gasteiger partial charge in [-0.05, 0) is 62.3 Å². The van der Waals surface area contributed by atoms with E-state index in [1.807, 2.05) is 12.1 Å². The fraction of sp³-hybridized carbons (Fsp3) is 0.667. The Balaban J connectivity index is 1.03. The smallest absolute Gasteiger partial charge is 0.324 e. The van der Waals surface area contributed by atoms with Crippen LogP contribution in [0.2, 0.25) is 0 Å². The minimum atomic E-state index is -0.996. The van der Waals surface area contributed by atoms with Gasteiger partial charge in [0.15, 0.2) is 5.82 Å². The van der Waals surface area contributed by atoms with Gasteiger partial charge in [-0.15, -0.1) is 0 Å². The van der Waals surface area contributed by atoms with E-state index in [2.05, 4.69) is 20.0 Å². The SMILES string of the molecule is CS(=O)c1ccc(OCCC2CC2C2CCN(c3nc(C4CC4)no3)CC2)nc1. The van der Waals surface area contributed by atoms with Crippen LogP contribution in [-0.4, -0.2) is 45.3 Å². The molecule has 0 radical (unpaired) electrons. The maximum Gasteiger partial charge on any atom is 0.324 e. The van der Waals surface area contributed by atoms with E-state index in [4.69, 9.17) is 9.26 Å². The van der Waals surface area contributed by atoms with Crippen LogP contribution in [-0.2, 0) is 10.8 Å². The number of ether oxygens (including phenoxy) is 1. The van der Waals surface area contributed by atoms with Gasteiger partial charge in [-0.25, -0.2) is 4.98 Å². The summed E-state index contributed by atoms with van der Waals surface area (Å²) in [6.45, 7) is 2.74. The van der Waals surface area contributed by atoms with E-state index in [0.29, 0.717) is 18.4 Å². The van der Waals surface area contributed by atoms with Gasteiger partial charge in [-0.3, -0.25) is 4.21 Å². The lowest BCUT2D eigenvalue weighted by Gasteiger charge is -2.30. The van der Waals surface area contributed by atoms with Crippen molar-refractivity contribution in [1.82, 2.24) is 15.1 Å². The van der Waals surface area contributed by atoms with Gasteiger partial charge in [0.1, 0.15) is 0 Å². The lowest BCUT2D eigenvalue weighted by Crippen LogP contribution is -2.34. The summed E-state index contributed by atoms with van der Waals surface area (Å²) in [5.74, 6) is 4.48. The maximum atomic E-state index is 11.4.